The van der Waals surface area contributed by atoms with E-state index in [1.807, 2.05) is 26.0 Å². The first-order chi connectivity index (χ1) is 16.0. The summed E-state index contributed by atoms with van der Waals surface area (Å²) < 4.78 is 0. The Labute approximate surface area is 199 Å². The second-order valence-electron chi connectivity index (χ2n) is 9.75. The van der Waals surface area contributed by atoms with E-state index in [-0.39, 0.29) is 30.8 Å². The normalized spacial score (nSPS) is 18.1. The summed E-state index contributed by atoms with van der Waals surface area (Å²) in [6, 6.07) is 12.3. The molecule has 1 saturated heterocycles. The molecule has 34 heavy (non-hydrogen) atoms. The number of piperidine rings is 1. The zero-order chi connectivity index (χ0) is 24.6. The summed E-state index contributed by atoms with van der Waals surface area (Å²) in [4.78, 5) is 50.7. The van der Waals surface area contributed by atoms with E-state index in [0.29, 0.717) is 23.6 Å². The van der Waals surface area contributed by atoms with Gasteiger partial charge < -0.3 is 15.5 Å². The molecular weight excluding hydrogens is 432 g/mol. The van der Waals surface area contributed by atoms with Crippen LogP contribution in [0.4, 0.5) is 10.5 Å². The van der Waals surface area contributed by atoms with Crippen molar-refractivity contribution in [1.29, 1.82) is 0 Å². The highest BCUT2D eigenvalue weighted by atomic mass is 16.2. The Balaban J connectivity index is 1.42. The van der Waals surface area contributed by atoms with E-state index in [1.54, 1.807) is 18.2 Å². The SMILES string of the molecule is CC(C)c1ccc(C(C)(C)NC(=O)Nc2ccc3c(c2)CN(C2CCC(=O)NC2=O)C3=O)cc1. The number of carbonyl (C=O) groups is 4. The highest BCUT2D eigenvalue weighted by Gasteiger charge is 2.39. The quantitative estimate of drug-likeness (QED) is 0.590. The summed E-state index contributed by atoms with van der Waals surface area (Å²) in [5, 5.41) is 8.15. The fourth-order valence-corrected chi connectivity index (χ4v) is 4.46. The third-order valence-electron chi connectivity index (χ3n) is 6.51. The third-order valence-corrected chi connectivity index (χ3v) is 6.51. The van der Waals surface area contributed by atoms with Gasteiger partial charge >= 0.3 is 6.03 Å². The van der Waals surface area contributed by atoms with E-state index < -0.39 is 17.5 Å². The Morgan fingerprint density at radius 3 is 2.44 bits per heavy atom. The standard InChI is InChI=1S/C26H30N4O4/c1-15(2)16-5-7-18(8-6-16)26(3,4)29-25(34)27-19-9-10-20-17(13-19)14-30(24(20)33)21-11-12-22(31)28-23(21)32/h5-10,13,15,21H,11-12,14H2,1-4H3,(H2,27,29,34)(H,28,31,32). The van der Waals surface area contributed by atoms with Gasteiger partial charge in [0.2, 0.25) is 11.8 Å². The average Bonchev–Trinajstić information content (AvgIpc) is 3.09. The molecule has 0 spiro atoms. The van der Waals surface area contributed by atoms with Gasteiger partial charge in [-0.3, -0.25) is 19.7 Å². The molecule has 2 aliphatic heterocycles. The Morgan fingerprint density at radius 1 is 1.09 bits per heavy atom. The molecule has 178 valence electrons. The van der Waals surface area contributed by atoms with Gasteiger partial charge in [0.15, 0.2) is 0 Å². The number of fused-ring (bicyclic) bond motifs is 1. The monoisotopic (exact) mass is 462 g/mol. The molecule has 0 aromatic heterocycles. The largest absolute Gasteiger partial charge is 0.329 e. The van der Waals surface area contributed by atoms with Crippen molar-refractivity contribution in [3.8, 4) is 0 Å². The van der Waals surface area contributed by atoms with Crippen LogP contribution >= 0.6 is 0 Å². The molecule has 0 radical (unpaired) electrons. The number of rotatable bonds is 5. The van der Waals surface area contributed by atoms with E-state index in [0.717, 1.165) is 11.1 Å². The Morgan fingerprint density at radius 2 is 1.79 bits per heavy atom. The van der Waals surface area contributed by atoms with Crippen molar-refractivity contribution in [1.82, 2.24) is 15.5 Å². The van der Waals surface area contributed by atoms with Gasteiger partial charge in [-0.15, -0.1) is 0 Å². The van der Waals surface area contributed by atoms with Gasteiger partial charge in [0.05, 0.1) is 5.54 Å². The number of imide groups is 1. The minimum absolute atomic E-state index is 0.208. The number of anilines is 1. The molecule has 1 fully saturated rings. The van der Waals surface area contributed by atoms with Crippen LogP contribution in [0.15, 0.2) is 42.5 Å². The topological polar surface area (TPSA) is 108 Å². The Kier molecular flexibility index (Phi) is 6.17. The fourth-order valence-electron chi connectivity index (χ4n) is 4.46. The molecule has 2 aliphatic rings. The lowest BCUT2D eigenvalue weighted by Gasteiger charge is -2.29. The molecule has 0 aliphatic carbocycles. The summed E-state index contributed by atoms with van der Waals surface area (Å²) in [6.07, 6.45) is 0.518. The molecule has 2 aromatic rings. The number of benzene rings is 2. The number of hydrogen-bond donors (Lipinski definition) is 3. The van der Waals surface area contributed by atoms with Crippen molar-refractivity contribution in [2.75, 3.05) is 5.32 Å². The summed E-state index contributed by atoms with van der Waals surface area (Å²) in [5.41, 5.74) is 3.43. The second kappa shape index (κ2) is 8.93. The van der Waals surface area contributed by atoms with Crippen molar-refractivity contribution in [3.63, 3.8) is 0 Å². The number of amides is 5. The summed E-state index contributed by atoms with van der Waals surface area (Å²) in [5.74, 6) is -0.571. The summed E-state index contributed by atoms with van der Waals surface area (Å²) in [6.45, 7) is 8.41. The number of hydrogen-bond acceptors (Lipinski definition) is 4. The molecular formula is C26H30N4O4. The highest BCUT2D eigenvalue weighted by molar-refractivity contribution is 6.05. The maximum absolute atomic E-state index is 12.8. The lowest BCUT2D eigenvalue weighted by Crippen LogP contribution is -2.52. The Bertz CT molecular complexity index is 1150. The maximum atomic E-state index is 12.8. The average molecular weight is 463 g/mol. The fraction of sp³-hybridized carbons (Fsp3) is 0.385. The molecule has 2 aromatic carbocycles. The first-order valence-corrected chi connectivity index (χ1v) is 11.5. The molecule has 0 bridgehead atoms. The van der Waals surface area contributed by atoms with E-state index in [2.05, 4.69) is 41.9 Å². The van der Waals surface area contributed by atoms with Crippen LogP contribution in [-0.4, -0.2) is 34.7 Å². The molecule has 3 N–H and O–H groups in total. The van der Waals surface area contributed by atoms with E-state index in [9.17, 15) is 19.2 Å². The van der Waals surface area contributed by atoms with Crippen LogP contribution in [0.3, 0.4) is 0 Å². The first-order valence-electron chi connectivity index (χ1n) is 11.5. The van der Waals surface area contributed by atoms with Gasteiger partial charge in [0.1, 0.15) is 6.04 Å². The van der Waals surface area contributed by atoms with Gasteiger partial charge in [0.25, 0.3) is 5.91 Å². The van der Waals surface area contributed by atoms with Crippen LogP contribution in [-0.2, 0) is 21.7 Å². The van der Waals surface area contributed by atoms with Crippen molar-refractivity contribution in [2.24, 2.45) is 0 Å². The van der Waals surface area contributed by atoms with Crippen LogP contribution in [0.5, 0.6) is 0 Å². The molecule has 0 saturated carbocycles. The van der Waals surface area contributed by atoms with Crippen molar-refractivity contribution in [2.45, 2.75) is 64.6 Å². The molecule has 2 heterocycles. The molecule has 8 heteroatoms. The van der Waals surface area contributed by atoms with Crippen molar-refractivity contribution < 1.29 is 19.2 Å². The smallest absolute Gasteiger partial charge is 0.319 e. The summed E-state index contributed by atoms with van der Waals surface area (Å²) >= 11 is 0. The molecule has 1 unspecified atom stereocenters. The number of nitrogens with zero attached hydrogens (tertiary/aromatic N) is 1. The van der Waals surface area contributed by atoms with Crippen LogP contribution in [0.1, 0.15) is 73.5 Å². The molecule has 4 rings (SSSR count). The number of carbonyl (C=O) groups excluding carboxylic acids is 4. The second-order valence-corrected chi connectivity index (χ2v) is 9.75. The van der Waals surface area contributed by atoms with Gasteiger partial charge in [-0.2, -0.15) is 0 Å². The lowest BCUT2D eigenvalue weighted by atomic mass is 9.92. The molecule has 1 atom stereocenters. The van der Waals surface area contributed by atoms with Crippen LogP contribution in [0.2, 0.25) is 0 Å². The molecule has 5 amide bonds. The van der Waals surface area contributed by atoms with Crippen LogP contribution < -0.4 is 16.0 Å². The molecule has 8 nitrogen and oxygen atoms in total. The minimum atomic E-state index is -0.666. The minimum Gasteiger partial charge on any atom is -0.329 e. The van der Waals surface area contributed by atoms with E-state index in [1.165, 1.54) is 10.5 Å². The third kappa shape index (κ3) is 4.66. The van der Waals surface area contributed by atoms with Gasteiger partial charge in [0, 0.05) is 24.2 Å². The summed E-state index contributed by atoms with van der Waals surface area (Å²) in [7, 11) is 0. The Hall–Kier alpha value is -3.68. The van der Waals surface area contributed by atoms with Crippen molar-refractivity contribution >= 4 is 29.4 Å². The van der Waals surface area contributed by atoms with Gasteiger partial charge in [-0.25, -0.2) is 4.79 Å². The zero-order valence-electron chi connectivity index (χ0n) is 19.9. The van der Waals surface area contributed by atoms with Crippen LogP contribution in [0.25, 0.3) is 0 Å². The van der Waals surface area contributed by atoms with E-state index in [4.69, 9.17) is 0 Å². The predicted octanol–water partition coefficient (Wildman–Crippen LogP) is 3.63. The first kappa shape index (κ1) is 23.5. The van der Waals surface area contributed by atoms with Gasteiger partial charge in [-0.1, -0.05) is 38.1 Å². The van der Waals surface area contributed by atoms with Crippen LogP contribution in [0, 0.1) is 0 Å². The van der Waals surface area contributed by atoms with Gasteiger partial charge in [-0.05, 0) is 61.1 Å². The van der Waals surface area contributed by atoms with Crippen molar-refractivity contribution in [3.05, 3.63) is 64.7 Å². The number of nitrogens with one attached hydrogen (secondary N) is 3. The number of urea groups is 1. The maximum Gasteiger partial charge on any atom is 0.319 e. The predicted molar refractivity (Wildman–Crippen MR) is 128 cm³/mol. The highest BCUT2D eigenvalue weighted by Crippen LogP contribution is 2.30. The zero-order valence-corrected chi connectivity index (χ0v) is 19.9. The lowest BCUT2D eigenvalue weighted by molar-refractivity contribution is -0.136. The van der Waals surface area contributed by atoms with E-state index >= 15 is 0 Å².